The Kier molecular flexibility index (Phi) is 5.22. The van der Waals surface area contributed by atoms with Gasteiger partial charge < -0.3 is 15.0 Å². The van der Waals surface area contributed by atoms with Gasteiger partial charge in [0, 0.05) is 24.7 Å². The summed E-state index contributed by atoms with van der Waals surface area (Å²) in [4.78, 5) is 2.41. The normalized spacial score (nSPS) is 19.3. The summed E-state index contributed by atoms with van der Waals surface area (Å²) in [6.45, 7) is 5.21. The molecule has 21 heavy (non-hydrogen) atoms. The Hall–Kier alpha value is -0.970. The molecule has 0 aromatic heterocycles. The van der Waals surface area contributed by atoms with Crippen LogP contribution in [-0.2, 0) is 17.9 Å². The molecule has 2 fully saturated rings. The van der Waals surface area contributed by atoms with Crippen LogP contribution in [0.25, 0.3) is 0 Å². The highest BCUT2D eigenvalue weighted by atomic mass is 19.1. The number of likely N-dealkylation sites (tertiary alicyclic amines) is 1. The summed E-state index contributed by atoms with van der Waals surface area (Å²) in [5, 5.41) is 3.45. The molecule has 1 saturated carbocycles. The fourth-order valence-electron chi connectivity index (χ4n) is 2.78. The van der Waals surface area contributed by atoms with Gasteiger partial charge in [-0.1, -0.05) is 6.07 Å². The van der Waals surface area contributed by atoms with Gasteiger partial charge in [0.25, 0.3) is 0 Å². The van der Waals surface area contributed by atoms with E-state index in [-0.39, 0.29) is 5.82 Å². The van der Waals surface area contributed by atoms with Crippen molar-refractivity contribution in [2.45, 2.75) is 44.9 Å². The molecule has 0 spiro atoms. The summed E-state index contributed by atoms with van der Waals surface area (Å²) >= 11 is 0. The van der Waals surface area contributed by atoms with Gasteiger partial charge in [-0.3, -0.25) is 0 Å². The van der Waals surface area contributed by atoms with Gasteiger partial charge in [0.05, 0.1) is 13.2 Å². The third-order valence-electron chi connectivity index (χ3n) is 4.29. The fourth-order valence-corrected chi connectivity index (χ4v) is 2.78. The maximum atomic E-state index is 13.8. The topological polar surface area (TPSA) is 24.5 Å². The van der Waals surface area contributed by atoms with Crippen LogP contribution in [0.4, 0.5) is 4.39 Å². The summed E-state index contributed by atoms with van der Waals surface area (Å²) in [5.74, 6) is -0.161. The smallest absolute Gasteiger partial charge is 0.128 e. The molecule has 2 aliphatic rings. The van der Waals surface area contributed by atoms with E-state index in [9.17, 15) is 4.39 Å². The van der Waals surface area contributed by atoms with E-state index in [0.717, 1.165) is 18.7 Å². The monoisotopic (exact) mass is 292 g/mol. The molecule has 1 aliphatic carbocycles. The Morgan fingerprint density at radius 2 is 2.05 bits per heavy atom. The average molecular weight is 292 g/mol. The molecule has 0 atom stereocenters. The van der Waals surface area contributed by atoms with Gasteiger partial charge in [0.2, 0.25) is 0 Å². The summed E-state index contributed by atoms with van der Waals surface area (Å²) in [6, 6.07) is 6.03. The summed E-state index contributed by atoms with van der Waals surface area (Å²) in [5.41, 5.74) is 1.81. The van der Waals surface area contributed by atoms with Gasteiger partial charge in [-0.25, -0.2) is 4.39 Å². The lowest BCUT2D eigenvalue weighted by Crippen LogP contribution is -2.24. The molecule has 1 aromatic rings. The lowest BCUT2D eigenvalue weighted by molar-refractivity contribution is 0.0973. The zero-order valence-electron chi connectivity index (χ0n) is 12.6. The van der Waals surface area contributed by atoms with E-state index in [0.29, 0.717) is 24.8 Å². The number of ether oxygens (including phenoxy) is 1. The molecule has 116 valence electrons. The number of hydrogen-bond acceptors (Lipinski definition) is 3. The quantitative estimate of drug-likeness (QED) is 0.746. The van der Waals surface area contributed by atoms with Gasteiger partial charge in [-0.2, -0.15) is 0 Å². The van der Waals surface area contributed by atoms with Crippen molar-refractivity contribution < 1.29 is 9.13 Å². The zero-order valence-corrected chi connectivity index (χ0v) is 12.6. The van der Waals surface area contributed by atoms with Crippen LogP contribution in [-0.4, -0.2) is 37.2 Å². The van der Waals surface area contributed by atoms with Crippen molar-refractivity contribution in [1.29, 1.82) is 0 Å². The maximum Gasteiger partial charge on any atom is 0.128 e. The first-order valence-corrected chi connectivity index (χ1v) is 8.12. The predicted molar refractivity (Wildman–Crippen MR) is 81.6 cm³/mol. The summed E-state index contributed by atoms with van der Waals surface area (Å²) in [6.07, 6.45) is 5.14. The van der Waals surface area contributed by atoms with Gasteiger partial charge >= 0.3 is 0 Å². The Morgan fingerprint density at radius 1 is 1.24 bits per heavy atom. The van der Waals surface area contributed by atoms with Crippen molar-refractivity contribution in [3.63, 3.8) is 0 Å². The molecule has 0 amide bonds. The first kappa shape index (κ1) is 14.9. The Morgan fingerprint density at radius 3 is 2.81 bits per heavy atom. The lowest BCUT2D eigenvalue weighted by atomic mass is 10.1. The van der Waals surface area contributed by atoms with Crippen molar-refractivity contribution in [3.05, 3.63) is 35.1 Å². The molecular weight excluding hydrogens is 267 g/mol. The molecule has 1 aliphatic heterocycles. The van der Waals surface area contributed by atoms with Gasteiger partial charge in [-0.05, 0) is 56.5 Å². The first-order valence-electron chi connectivity index (χ1n) is 8.12. The Labute approximate surface area is 126 Å². The van der Waals surface area contributed by atoms with E-state index in [1.807, 2.05) is 12.1 Å². The van der Waals surface area contributed by atoms with Crippen molar-refractivity contribution in [2.75, 3.05) is 26.2 Å². The van der Waals surface area contributed by atoms with E-state index in [1.165, 1.54) is 38.8 Å². The van der Waals surface area contributed by atoms with Crippen LogP contribution in [0.15, 0.2) is 18.2 Å². The van der Waals surface area contributed by atoms with E-state index >= 15 is 0 Å². The zero-order chi connectivity index (χ0) is 14.5. The number of rotatable bonds is 8. The maximum absolute atomic E-state index is 13.8. The second-order valence-electron chi connectivity index (χ2n) is 6.18. The van der Waals surface area contributed by atoms with E-state index in [4.69, 9.17) is 4.74 Å². The predicted octanol–water partition coefficient (Wildman–Crippen LogP) is 2.69. The molecular formula is C17H25FN2O. The molecule has 3 nitrogen and oxygen atoms in total. The lowest BCUT2D eigenvalue weighted by Gasteiger charge is -2.14. The van der Waals surface area contributed by atoms with Crippen LogP contribution in [0, 0.1) is 5.82 Å². The second-order valence-corrected chi connectivity index (χ2v) is 6.18. The molecule has 0 bridgehead atoms. The van der Waals surface area contributed by atoms with Crippen LogP contribution in [0.2, 0.25) is 0 Å². The van der Waals surface area contributed by atoms with Crippen molar-refractivity contribution >= 4 is 0 Å². The fraction of sp³-hybridized carbons (Fsp3) is 0.647. The average Bonchev–Trinajstić information content (AvgIpc) is 3.18. The van der Waals surface area contributed by atoms with Crippen LogP contribution in [0.3, 0.4) is 0 Å². The number of nitrogens with one attached hydrogen (secondary N) is 1. The van der Waals surface area contributed by atoms with Crippen molar-refractivity contribution in [1.82, 2.24) is 10.2 Å². The molecule has 1 aromatic carbocycles. The highest BCUT2D eigenvalue weighted by molar-refractivity contribution is 5.24. The third kappa shape index (κ3) is 4.77. The van der Waals surface area contributed by atoms with Crippen LogP contribution >= 0.6 is 0 Å². The van der Waals surface area contributed by atoms with Gasteiger partial charge in [0.1, 0.15) is 5.82 Å². The minimum atomic E-state index is -0.161. The van der Waals surface area contributed by atoms with Crippen LogP contribution < -0.4 is 5.32 Å². The van der Waals surface area contributed by atoms with Gasteiger partial charge in [-0.15, -0.1) is 0 Å². The number of benzene rings is 1. The number of nitrogens with zero attached hydrogens (tertiary/aromatic N) is 1. The van der Waals surface area contributed by atoms with Crippen molar-refractivity contribution in [2.24, 2.45) is 0 Å². The second kappa shape index (κ2) is 7.34. The Balaban J connectivity index is 1.42. The standard InChI is InChI=1S/C17H25FN2O/c18-17-6-3-14(12-19-16-4-5-16)11-15(17)13-21-10-9-20-7-1-2-8-20/h3,6,11,16,19H,1-2,4-5,7-10,12-13H2. The number of halogens is 1. The molecule has 1 heterocycles. The molecule has 3 rings (SSSR count). The van der Waals surface area contributed by atoms with Gasteiger partial charge in [0.15, 0.2) is 0 Å². The molecule has 1 N–H and O–H groups in total. The minimum absolute atomic E-state index is 0.161. The van der Waals surface area contributed by atoms with Crippen LogP contribution in [0.1, 0.15) is 36.8 Å². The van der Waals surface area contributed by atoms with Crippen molar-refractivity contribution in [3.8, 4) is 0 Å². The highest BCUT2D eigenvalue weighted by Crippen LogP contribution is 2.20. The minimum Gasteiger partial charge on any atom is -0.375 e. The third-order valence-corrected chi connectivity index (χ3v) is 4.29. The number of hydrogen-bond donors (Lipinski definition) is 1. The molecule has 1 saturated heterocycles. The highest BCUT2D eigenvalue weighted by Gasteiger charge is 2.20. The summed E-state index contributed by atoms with van der Waals surface area (Å²) < 4.78 is 19.5. The van der Waals surface area contributed by atoms with E-state index < -0.39 is 0 Å². The van der Waals surface area contributed by atoms with E-state index in [2.05, 4.69) is 10.2 Å². The molecule has 0 unspecified atom stereocenters. The Bertz CT molecular complexity index is 456. The SMILES string of the molecule is Fc1ccc(CNC2CC2)cc1COCCN1CCCC1. The molecule has 0 radical (unpaired) electrons. The first-order chi connectivity index (χ1) is 10.3. The summed E-state index contributed by atoms with van der Waals surface area (Å²) in [7, 11) is 0. The van der Waals surface area contributed by atoms with E-state index in [1.54, 1.807) is 6.07 Å². The molecule has 4 heteroatoms. The largest absolute Gasteiger partial charge is 0.375 e. The van der Waals surface area contributed by atoms with Crippen LogP contribution in [0.5, 0.6) is 0 Å².